The summed E-state index contributed by atoms with van der Waals surface area (Å²) in [6.07, 6.45) is 1.77. The van der Waals surface area contributed by atoms with Crippen molar-refractivity contribution in [3.05, 3.63) is 50.5 Å². The number of benzene rings is 1. The molecule has 2 heterocycles. The molecule has 7 nitrogen and oxygen atoms in total. The number of rotatable bonds is 5. The van der Waals surface area contributed by atoms with Crippen LogP contribution in [0, 0.1) is 10.1 Å². The van der Waals surface area contributed by atoms with Gasteiger partial charge in [0.2, 0.25) is 0 Å². The van der Waals surface area contributed by atoms with E-state index in [1.54, 1.807) is 30.5 Å². The quantitative estimate of drug-likeness (QED) is 0.467. The van der Waals surface area contributed by atoms with E-state index in [-0.39, 0.29) is 16.7 Å². The molecule has 1 atom stereocenters. The van der Waals surface area contributed by atoms with Crippen LogP contribution in [0.3, 0.4) is 0 Å². The summed E-state index contributed by atoms with van der Waals surface area (Å²) in [7, 11) is 0. The van der Waals surface area contributed by atoms with Crippen molar-refractivity contribution in [1.82, 2.24) is 4.98 Å². The number of anilines is 1. The number of esters is 1. The molecule has 1 aliphatic heterocycles. The molecule has 1 aliphatic rings. The highest BCUT2D eigenvalue weighted by Gasteiger charge is 2.32. The van der Waals surface area contributed by atoms with Gasteiger partial charge in [0.05, 0.1) is 17.6 Å². The smallest absolute Gasteiger partial charge is 0.357 e. The monoisotopic (exact) mass is 347 g/mol. The minimum Gasteiger partial charge on any atom is -0.461 e. The molecule has 1 fully saturated rings. The fraction of sp³-hybridized carbons (Fsp3) is 0.375. The molecule has 24 heavy (non-hydrogen) atoms. The normalized spacial score (nSPS) is 17.0. The molecule has 1 saturated heterocycles. The zero-order valence-corrected chi connectivity index (χ0v) is 14.0. The van der Waals surface area contributed by atoms with Crippen LogP contribution in [0.2, 0.25) is 0 Å². The van der Waals surface area contributed by atoms with Crippen molar-refractivity contribution in [3.63, 3.8) is 0 Å². The fourth-order valence-electron chi connectivity index (χ4n) is 2.91. The predicted octanol–water partition coefficient (Wildman–Crippen LogP) is 3.57. The summed E-state index contributed by atoms with van der Waals surface area (Å²) in [4.78, 5) is 29.1. The van der Waals surface area contributed by atoms with E-state index >= 15 is 0 Å². The molecule has 1 aromatic heterocycles. The van der Waals surface area contributed by atoms with E-state index in [0.29, 0.717) is 18.0 Å². The maximum absolute atomic E-state index is 11.8. The largest absolute Gasteiger partial charge is 0.461 e. The highest BCUT2D eigenvalue weighted by molar-refractivity contribution is 7.10. The Balaban J connectivity index is 1.89. The third kappa shape index (κ3) is 3.09. The van der Waals surface area contributed by atoms with Crippen LogP contribution in [0.15, 0.2) is 29.6 Å². The molecule has 1 aromatic carbocycles. The van der Waals surface area contributed by atoms with Crippen molar-refractivity contribution in [2.45, 2.75) is 25.8 Å². The number of carbonyl (C=O) groups is 1. The zero-order valence-electron chi connectivity index (χ0n) is 13.2. The highest BCUT2D eigenvalue weighted by Crippen LogP contribution is 2.41. The van der Waals surface area contributed by atoms with E-state index in [9.17, 15) is 14.9 Å². The molecule has 0 amide bonds. The van der Waals surface area contributed by atoms with Gasteiger partial charge in [0.15, 0.2) is 5.69 Å². The van der Waals surface area contributed by atoms with Crippen LogP contribution in [-0.2, 0) is 4.74 Å². The Bertz CT molecular complexity index is 761. The molecule has 0 saturated carbocycles. The van der Waals surface area contributed by atoms with Gasteiger partial charge in [-0.15, -0.1) is 11.3 Å². The third-order valence-corrected chi connectivity index (χ3v) is 4.88. The Morgan fingerprint density at radius 3 is 3.04 bits per heavy atom. The molecule has 0 radical (unpaired) electrons. The number of aromatic nitrogens is 1. The van der Waals surface area contributed by atoms with Gasteiger partial charge in [-0.1, -0.05) is 12.1 Å². The highest BCUT2D eigenvalue weighted by atomic mass is 32.1. The van der Waals surface area contributed by atoms with Crippen molar-refractivity contribution < 1.29 is 14.5 Å². The van der Waals surface area contributed by atoms with E-state index in [1.807, 2.05) is 4.90 Å². The van der Waals surface area contributed by atoms with Gasteiger partial charge in [0.25, 0.3) is 5.69 Å². The number of ether oxygens (including phenoxy) is 1. The standard InChI is InChI=1S/C16H17N3O4S/c1-2-23-16(20)11-10-24-15(17-11)14-8-5-9-18(14)12-6-3-4-7-13(12)19(21)22/h3-4,6-7,10,14H,2,5,8-9H2,1H3. The number of nitro benzene ring substituents is 1. The van der Waals surface area contributed by atoms with Crippen molar-refractivity contribution >= 4 is 28.7 Å². The average molecular weight is 347 g/mol. The van der Waals surface area contributed by atoms with E-state index in [4.69, 9.17) is 4.74 Å². The summed E-state index contributed by atoms with van der Waals surface area (Å²) in [6.45, 7) is 2.78. The van der Waals surface area contributed by atoms with Gasteiger partial charge in [-0.2, -0.15) is 0 Å². The Morgan fingerprint density at radius 2 is 2.29 bits per heavy atom. The molecule has 0 spiro atoms. The van der Waals surface area contributed by atoms with Gasteiger partial charge in [0, 0.05) is 18.0 Å². The predicted molar refractivity (Wildman–Crippen MR) is 90.5 cm³/mol. The van der Waals surface area contributed by atoms with Crippen LogP contribution >= 0.6 is 11.3 Å². The van der Waals surface area contributed by atoms with Crippen LogP contribution in [0.1, 0.15) is 41.3 Å². The second-order valence-electron chi connectivity index (χ2n) is 5.39. The van der Waals surface area contributed by atoms with Crippen LogP contribution in [0.5, 0.6) is 0 Å². The summed E-state index contributed by atoms with van der Waals surface area (Å²) in [5.41, 5.74) is 0.982. The average Bonchev–Trinajstić information content (AvgIpc) is 3.24. The fourth-order valence-corrected chi connectivity index (χ4v) is 3.85. The molecule has 1 unspecified atom stereocenters. The molecule has 0 aliphatic carbocycles. The van der Waals surface area contributed by atoms with Crippen LogP contribution in [-0.4, -0.2) is 29.0 Å². The molecule has 0 N–H and O–H groups in total. The van der Waals surface area contributed by atoms with E-state index < -0.39 is 5.97 Å². The molecular formula is C16H17N3O4S. The summed E-state index contributed by atoms with van der Waals surface area (Å²) >= 11 is 1.39. The van der Waals surface area contributed by atoms with Gasteiger partial charge in [-0.05, 0) is 25.8 Å². The molecule has 3 rings (SSSR count). The Labute approximate surface area is 143 Å². The number of nitro groups is 1. The molecule has 2 aromatic rings. The number of thiazole rings is 1. The first-order valence-corrected chi connectivity index (χ1v) is 8.62. The van der Waals surface area contributed by atoms with Crippen LogP contribution in [0.4, 0.5) is 11.4 Å². The van der Waals surface area contributed by atoms with E-state index in [0.717, 1.165) is 24.4 Å². The lowest BCUT2D eigenvalue weighted by Crippen LogP contribution is -2.23. The second-order valence-corrected chi connectivity index (χ2v) is 6.28. The summed E-state index contributed by atoms with van der Waals surface area (Å²) in [6, 6.07) is 6.67. The number of hydrogen-bond acceptors (Lipinski definition) is 7. The van der Waals surface area contributed by atoms with Gasteiger partial charge >= 0.3 is 5.97 Å². The number of para-hydroxylation sites is 2. The molecule has 0 bridgehead atoms. The Hall–Kier alpha value is -2.48. The summed E-state index contributed by atoms with van der Waals surface area (Å²) in [5.74, 6) is -0.435. The molecule has 8 heteroatoms. The lowest BCUT2D eigenvalue weighted by Gasteiger charge is -2.24. The lowest BCUT2D eigenvalue weighted by molar-refractivity contribution is -0.384. The first-order chi connectivity index (χ1) is 11.6. The first kappa shape index (κ1) is 16.4. The van der Waals surface area contributed by atoms with Crippen molar-refractivity contribution in [1.29, 1.82) is 0 Å². The van der Waals surface area contributed by atoms with E-state index in [1.165, 1.54) is 17.4 Å². The van der Waals surface area contributed by atoms with Crippen LogP contribution < -0.4 is 4.90 Å². The minimum atomic E-state index is -0.435. The minimum absolute atomic E-state index is 0.0562. The maximum atomic E-state index is 11.8. The zero-order chi connectivity index (χ0) is 17.1. The van der Waals surface area contributed by atoms with E-state index in [2.05, 4.69) is 4.98 Å². The first-order valence-electron chi connectivity index (χ1n) is 7.74. The Morgan fingerprint density at radius 1 is 1.50 bits per heavy atom. The number of nitrogens with zero attached hydrogens (tertiary/aromatic N) is 3. The summed E-state index contributed by atoms with van der Waals surface area (Å²) in [5, 5.41) is 13.8. The topological polar surface area (TPSA) is 85.6 Å². The Kier molecular flexibility index (Phi) is 4.75. The summed E-state index contributed by atoms with van der Waals surface area (Å²) < 4.78 is 4.97. The third-order valence-electron chi connectivity index (χ3n) is 3.93. The van der Waals surface area contributed by atoms with Gasteiger partial charge in [-0.3, -0.25) is 10.1 Å². The lowest BCUT2D eigenvalue weighted by atomic mass is 10.2. The second kappa shape index (κ2) is 6.96. The SMILES string of the molecule is CCOC(=O)c1csc(C2CCCN2c2ccccc2[N+](=O)[O-])n1. The van der Waals surface area contributed by atoms with Gasteiger partial charge in [0.1, 0.15) is 10.7 Å². The maximum Gasteiger partial charge on any atom is 0.357 e. The van der Waals surface area contributed by atoms with Crippen LogP contribution in [0.25, 0.3) is 0 Å². The van der Waals surface area contributed by atoms with Gasteiger partial charge in [-0.25, -0.2) is 9.78 Å². The molecule has 126 valence electrons. The van der Waals surface area contributed by atoms with Crippen molar-refractivity contribution in [2.75, 3.05) is 18.1 Å². The van der Waals surface area contributed by atoms with Crippen molar-refractivity contribution in [3.8, 4) is 0 Å². The number of hydrogen-bond donors (Lipinski definition) is 0. The van der Waals surface area contributed by atoms with Gasteiger partial charge < -0.3 is 9.64 Å². The molecular weight excluding hydrogens is 330 g/mol. The number of carbonyl (C=O) groups excluding carboxylic acids is 1. The van der Waals surface area contributed by atoms with Crippen molar-refractivity contribution in [2.24, 2.45) is 0 Å².